The van der Waals surface area contributed by atoms with Crippen LogP contribution in [0, 0.1) is 0 Å². The van der Waals surface area contributed by atoms with Crippen molar-refractivity contribution in [3.63, 3.8) is 0 Å². The predicted molar refractivity (Wildman–Crippen MR) is 108 cm³/mol. The lowest BCUT2D eigenvalue weighted by atomic mass is 9.94. The second kappa shape index (κ2) is 7.53. The van der Waals surface area contributed by atoms with Crippen molar-refractivity contribution in [2.45, 2.75) is 64.8 Å². The molecule has 0 atom stereocenters. The number of thiophene rings is 2. The largest absolute Gasteiger partial charge is 0.334 e. The van der Waals surface area contributed by atoms with Crippen molar-refractivity contribution < 1.29 is 9.59 Å². The number of carbonyl (C=O) groups is 2. The van der Waals surface area contributed by atoms with Gasteiger partial charge in [-0.3, -0.25) is 10.1 Å². The third kappa shape index (κ3) is 3.45. The maximum absolute atomic E-state index is 12.4. The van der Waals surface area contributed by atoms with Crippen LogP contribution < -0.4 is 10.6 Å². The maximum atomic E-state index is 12.4. The van der Waals surface area contributed by atoms with Crippen molar-refractivity contribution in [2.75, 3.05) is 5.32 Å². The van der Waals surface area contributed by atoms with Gasteiger partial charge in [0.25, 0.3) is 0 Å². The molecule has 0 saturated carbocycles. The molecule has 0 saturated heterocycles. The van der Waals surface area contributed by atoms with E-state index in [1.807, 2.05) is 11.3 Å². The molecule has 0 fully saturated rings. The molecule has 26 heavy (non-hydrogen) atoms. The first kappa shape index (κ1) is 17.7. The second-order valence-corrected chi connectivity index (χ2v) is 9.22. The number of amides is 2. The minimum absolute atomic E-state index is 0.0478. The third-order valence-corrected chi connectivity index (χ3v) is 7.68. The lowest BCUT2D eigenvalue weighted by Crippen LogP contribution is -2.28. The number of nitrogens with one attached hydrogen (secondary N) is 2. The van der Waals surface area contributed by atoms with Crippen LogP contribution in [0.2, 0.25) is 0 Å². The van der Waals surface area contributed by atoms with Gasteiger partial charge in [0.05, 0.1) is 5.56 Å². The number of fused-ring (bicyclic) bond motifs is 2. The molecule has 0 bridgehead atoms. The molecule has 2 amide bonds. The summed E-state index contributed by atoms with van der Waals surface area (Å²) in [4.78, 5) is 27.3. The van der Waals surface area contributed by atoms with Crippen LogP contribution in [-0.2, 0) is 32.2 Å². The van der Waals surface area contributed by atoms with Crippen LogP contribution in [0.25, 0.3) is 0 Å². The lowest BCUT2D eigenvalue weighted by molar-refractivity contribution is 0.101. The zero-order chi connectivity index (χ0) is 18.1. The van der Waals surface area contributed by atoms with Crippen molar-refractivity contribution in [3.8, 4) is 0 Å². The summed E-state index contributed by atoms with van der Waals surface area (Å²) in [5.41, 5.74) is 4.58. The Labute approximate surface area is 162 Å². The maximum Gasteiger partial charge on any atom is 0.320 e. The molecular weight excluding hydrogens is 364 g/mol. The molecule has 0 aromatic carbocycles. The number of rotatable bonds is 4. The smallest absolute Gasteiger partial charge is 0.320 e. The number of carbonyl (C=O) groups excluding carboxylic acids is 2. The van der Waals surface area contributed by atoms with E-state index in [-0.39, 0.29) is 11.8 Å². The van der Waals surface area contributed by atoms with Crippen molar-refractivity contribution >= 4 is 39.5 Å². The van der Waals surface area contributed by atoms with E-state index in [9.17, 15) is 9.59 Å². The molecular formula is C20H24N2O2S2. The van der Waals surface area contributed by atoms with E-state index in [4.69, 9.17) is 0 Å². The van der Waals surface area contributed by atoms with Gasteiger partial charge in [0.15, 0.2) is 5.78 Å². The number of aryl methyl sites for hydroxylation is 2. The van der Waals surface area contributed by atoms with Crippen molar-refractivity contribution in [1.82, 2.24) is 5.32 Å². The molecule has 138 valence electrons. The second-order valence-electron chi connectivity index (χ2n) is 7.15. The normalized spacial score (nSPS) is 15.9. The van der Waals surface area contributed by atoms with Crippen LogP contribution in [0.4, 0.5) is 9.80 Å². The molecule has 2 aromatic heterocycles. The van der Waals surface area contributed by atoms with Crippen molar-refractivity contribution in [3.05, 3.63) is 37.4 Å². The van der Waals surface area contributed by atoms with Gasteiger partial charge in [-0.25, -0.2) is 4.79 Å². The Morgan fingerprint density at radius 2 is 1.69 bits per heavy atom. The standard InChI is InChI=1S/C20H24N2O2S2/c1-12(23)18-15-7-3-5-9-17(15)26-19(18)22-20(24)21-10-13-11-25-16-8-4-2-6-14(13)16/h11H,2-10H2,1H3,(H2,21,22,24). The van der Waals surface area contributed by atoms with Gasteiger partial charge in [-0.2, -0.15) is 0 Å². The zero-order valence-corrected chi connectivity index (χ0v) is 16.7. The lowest BCUT2D eigenvalue weighted by Gasteiger charge is -2.13. The molecule has 4 nitrogen and oxygen atoms in total. The van der Waals surface area contributed by atoms with E-state index in [0.717, 1.165) is 36.8 Å². The Hall–Kier alpha value is -1.66. The Morgan fingerprint density at radius 1 is 1.00 bits per heavy atom. The van der Waals surface area contributed by atoms with E-state index in [1.54, 1.807) is 18.3 Å². The summed E-state index contributed by atoms with van der Waals surface area (Å²) in [6.07, 6.45) is 9.08. The Balaban J connectivity index is 1.45. The van der Waals surface area contributed by atoms with Crippen LogP contribution in [0.5, 0.6) is 0 Å². The van der Waals surface area contributed by atoms with E-state index in [0.29, 0.717) is 11.5 Å². The summed E-state index contributed by atoms with van der Waals surface area (Å²) in [6, 6.07) is -0.221. The Bertz CT molecular complexity index is 850. The van der Waals surface area contributed by atoms with Crippen LogP contribution in [0.1, 0.15) is 69.4 Å². The highest BCUT2D eigenvalue weighted by atomic mass is 32.1. The van der Waals surface area contributed by atoms with Gasteiger partial charge in [0, 0.05) is 16.3 Å². The predicted octanol–water partition coefficient (Wildman–Crippen LogP) is 5.09. The molecule has 2 aliphatic rings. The van der Waals surface area contributed by atoms with Crippen molar-refractivity contribution in [1.29, 1.82) is 0 Å². The quantitative estimate of drug-likeness (QED) is 0.717. The van der Waals surface area contributed by atoms with Gasteiger partial charge in [-0.15, -0.1) is 22.7 Å². The number of hydrogen-bond acceptors (Lipinski definition) is 4. The average Bonchev–Trinajstić information content (AvgIpc) is 3.20. The number of urea groups is 1. The van der Waals surface area contributed by atoms with Gasteiger partial charge in [-0.1, -0.05) is 0 Å². The highest BCUT2D eigenvalue weighted by molar-refractivity contribution is 7.17. The minimum atomic E-state index is -0.221. The monoisotopic (exact) mass is 388 g/mol. The molecule has 0 aliphatic heterocycles. The van der Waals surface area contributed by atoms with Crippen LogP contribution in [0.15, 0.2) is 5.38 Å². The minimum Gasteiger partial charge on any atom is -0.334 e. The van der Waals surface area contributed by atoms with E-state index in [2.05, 4.69) is 16.0 Å². The molecule has 6 heteroatoms. The molecule has 2 aliphatic carbocycles. The number of ketones is 1. The molecule has 0 unspecified atom stereocenters. The average molecular weight is 389 g/mol. The SMILES string of the molecule is CC(=O)c1c(NC(=O)NCc2csc3c2CCCC3)sc2c1CCCC2. The highest BCUT2D eigenvalue weighted by Gasteiger charge is 2.24. The molecule has 4 rings (SSSR count). The van der Waals surface area contributed by atoms with Crippen molar-refractivity contribution in [2.24, 2.45) is 0 Å². The Morgan fingerprint density at radius 3 is 2.46 bits per heavy atom. The number of hydrogen-bond donors (Lipinski definition) is 2. The molecule has 0 spiro atoms. The fraction of sp³-hybridized carbons (Fsp3) is 0.500. The third-order valence-electron chi connectivity index (χ3n) is 5.34. The van der Waals surface area contributed by atoms with Gasteiger partial charge in [-0.05, 0) is 80.4 Å². The van der Waals surface area contributed by atoms with Crippen LogP contribution in [0.3, 0.4) is 0 Å². The van der Waals surface area contributed by atoms with Gasteiger partial charge in [0.1, 0.15) is 5.00 Å². The number of Topliss-reactive ketones (excluding diaryl/α,β-unsaturated/α-hetero) is 1. The summed E-state index contributed by atoms with van der Waals surface area (Å²) < 4.78 is 0. The van der Waals surface area contributed by atoms with E-state index >= 15 is 0 Å². The molecule has 2 heterocycles. The van der Waals surface area contributed by atoms with Crippen LogP contribution >= 0.6 is 22.7 Å². The van der Waals surface area contributed by atoms with Gasteiger partial charge < -0.3 is 5.32 Å². The molecule has 2 N–H and O–H groups in total. The molecule has 2 aromatic rings. The molecule has 0 radical (unpaired) electrons. The zero-order valence-electron chi connectivity index (χ0n) is 15.1. The fourth-order valence-corrected chi connectivity index (χ4v) is 6.54. The summed E-state index contributed by atoms with van der Waals surface area (Å²) in [7, 11) is 0. The van der Waals surface area contributed by atoms with Gasteiger partial charge >= 0.3 is 6.03 Å². The van der Waals surface area contributed by atoms with Crippen LogP contribution in [-0.4, -0.2) is 11.8 Å². The first-order valence-corrected chi connectivity index (χ1v) is 11.1. The van der Waals surface area contributed by atoms with Gasteiger partial charge in [0.2, 0.25) is 0 Å². The first-order chi connectivity index (χ1) is 12.6. The summed E-state index contributed by atoms with van der Waals surface area (Å²) in [5, 5.41) is 8.82. The van der Waals surface area contributed by atoms with E-state index < -0.39 is 0 Å². The first-order valence-electron chi connectivity index (χ1n) is 9.42. The Kier molecular flexibility index (Phi) is 5.14. The topological polar surface area (TPSA) is 58.2 Å². The fourth-order valence-electron chi connectivity index (χ4n) is 4.06. The highest BCUT2D eigenvalue weighted by Crippen LogP contribution is 2.38. The summed E-state index contributed by atoms with van der Waals surface area (Å²) in [5.74, 6) is 0.0478. The number of anilines is 1. The summed E-state index contributed by atoms with van der Waals surface area (Å²) in [6.45, 7) is 2.15. The van der Waals surface area contributed by atoms with E-state index in [1.165, 1.54) is 46.6 Å². The summed E-state index contributed by atoms with van der Waals surface area (Å²) >= 11 is 3.39.